The fourth-order valence-electron chi connectivity index (χ4n) is 3.94. The Morgan fingerprint density at radius 1 is 1.10 bits per heavy atom. The molecule has 0 aliphatic carbocycles. The Kier molecular flexibility index (Phi) is 5.69. The zero-order valence-electron chi connectivity index (χ0n) is 16.1. The molecular formula is C23H23F2N3O. The van der Waals surface area contributed by atoms with Crippen molar-refractivity contribution in [1.82, 2.24) is 15.1 Å². The number of benzene rings is 2. The molecule has 3 aromatic rings. The molecule has 1 aliphatic heterocycles. The van der Waals surface area contributed by atoms with Crippen molar-refractivity contribution in [1.29, 1.82) is 0 Å². The van der Waals surface area contributed by atoms with Crippen molar-refractivity contribution < 1.29 is 13.6 Å². The van der Waals surface area contributed by atoms with E-state index in [2.05, 4.69) is 10.2 Å². The van der Waals surface area contributed by atoms with Gasteiger partial charge in [-0.3, -0.25) is 9.89 Å². The van der Waals surface area contributed by atoms with Crippen molar-refractivity contribution in [3.8, 4) is 11.3 Å². The number of hydrogen-bond acceptors (Lipinski definition) is 2. The fraction of sp³-hybridized carbons (Fsp3) is 0.304. The minimum Gasteiger partial charge on any atom is -0.338 e. The predicted octanol–water partition coefficient (Wildman–Crippen LogP) is 4.84. The molecule has 6 heteroatoms. The van der Waals surface area contributed by atoms with E-state index in [1.165, 1.54) is 12.1 Å². The summed E-state index contributed by atoms with van der Waals surface area (Å²) in [5.41, 5.74) is 3.37. The predicted molar refractivity (Wildman–Crippen MR) is 107 cm³/mol. The van der Waals surface area contributed by atoms with Crippen molar-refractivity contribution in [2.75, 3.05) is 13.1 Å². The van der Waals surface area contributed by atoms with Crippen molar-refractivity contribution >= 4 is 5.91 Å². The van der Waals surface area contributed by atoms with Gasteiger partial charge in [-0.05, 0) is 73.1 Å². The number of rotatable bonds is 5. The highest BCUT2D eigenvalue weighted by molar-refractivity contribution is 5.94. The molecule has 0 spiro atoms. The van der Waals surface area contributed by atoms with Gasteiger partial charge in [0.2, 0.25) is 0 Å². The fourth-order valence-corrected chi connectivity index (χ4v) is 3.94. The van der Waals surface area contributed by atoms with Crippen LogP contribution >= 0.6 is 0 Å². The maximum absolute atomic E-state index is 13.4. The minimum atomic E-state index is -0.818. The van der Waals surface area contributed by atoms with Crippen LogP contribution in [-0.4, -0.2) is 34.1 Å². The van der Waals surface area contributed by atoms with Gasteiger partial charge in [0.25, 0.3) is 5.91 Å². The number of halogens is 2. The number of likely N-dealkylation sites (tertiary alicyclic amines) is 1. The zero-order valence-corrected chi connectivity index (χ0v) is 16.1. The summed E-state index contributed by atoms with van der Waals surface area (Å²) in [5.74, 6) is -1.22. The first-order chi connectivity index (χ1) is 14.1. The van der Waals surface area contributed by atoms with E-state index in [-0.39, 0.29) is 5.91 Å². The first kappa shape index (κ1) is 19.3. The number of carbonyl (C=O) groups is 1. The summed E-state index contributed by atoms with van der Waals surface area (Å²) in [5, 5.41) is 6.86. The number of carbonyl (C=O) groups excluding carboxylic acids is 1. The van der Waals surface area contributed by atoms with Crippen molar-refractivity contribution in [2.45, 2.75) is 25.7 Å². The smallest absolute Gasteiger partial charge is 0.253 e. The Hall–Kier alpha value is -3.02. The van der Waals surface area contributed by atoms with E-state index in [9.17, 15) is 13.6 Å². The second-order valence-electron chi connectivity index (χ2n) is 7.59. The molecule has 2 heterocycles. The van der Waals surface area contributed by atoms with E-state index in [1.807, 2.05) is 35.2 Å². The highest BCUT2D eigenvalue weighted by atomic mass is 19.2. The molecule has 1 atom stereocenters. The molecule has 1 aliphatic rings. The first-order valence-electron chi connectivity index (χ1n) is 9.93. The Morgan fingerprint density at radius 3 is 2.66 bits per heavy atom. The SMILES string of the molecule is O=C(c1ccc(-c2ccn[nH]2)cc1)N1CCC[C@H](CCc2ccc(F)c(F)c2)C1. The molecule has 0 unspecified atom stereocenters. The van der Waals surface area contributed by atoms with Gasteiger partial charge in [-0.25, -0.2) is 8.78 Å². The van der Waals surface area contributed by atoms with Crippen LogP contribution in [0.15, 0.2) is 54.7 Å². The lowest BCUT2D eigenvalue weighted by Crippen LogP contribution is -2.40. The summed E-state index contributed by atoms with van der Waals surface area (Å²) in [7, 11) is 0. The molecule has 150 valence electrons. The molecule has 0 radical (unpaired) electrons. The second kappa shape index (κ2) is 8.55. The third-order valence-electron chi connectivity index (χ3n) is 5.58. The Balaban J connectivity index is 1.36. The van der Waals surface area contributed by atoms with E-state index >= 15 is 0 Å². The normalized spacial score (nSPS) is 16.8. The van der Waals surface area contributed by atoms with Crippen molar-refractivity contribution in [2.24, 2.45) is 5.92 Å². The monoisotopic (exact) mass is 395 g/mol. The van der Waals surface area contributed by atoms with Gasteiger partial charge in [0, 0.05) is 24.8 Å². The largest absolute Gasteiger partial charge is 0.338 e. The molecule has 0 bridgehead atoms. The van der Waals surface area contributed by atoms with Crippen LogP contribution in [0.5, 0.6) is 0 Å². The quantitative estimate of drug-likeness (QED) is 0.672. The van der Waals surface area contributed by atoms with Gasteiger partial charge in [-0.15, -0.1) is 0 Å². The van der Waals surface area contributed by atoms with Gasteiger partial charge >= 0.3 is 0 Å². The highest BCUT2D eigenvalue weighted by Crippen LogP contribution is 2.24. The van der Waals surface area contributed by atoms with E-state index < -0.39 is 11.6 Å². The zero-order chi connectivity index (χ0) is 20.2. The Bertz CT molecular complexity index is 970. The molecule has 29 heavy (non-hydrogen) atoms. The lowest BCUT2D eigenvalue weighted by Gasteiger charge is -2.33. The molecule has 4 nitrogen and oxygen atoms in total. The van der Waals surface area contributed by atoms with Crippen LogP contribution < -0.4 is 0 Å². The molecule has 1 N–H and O–H groups in total. The van der Waals surface area contributed by atoms with Gasteiger partial charge < -0.3 is 4.90 Å². The maximum Gasteiger partial charge on any atom is 0.253 e. The molecule has 1 aromatic heterocycles. The van der Waals surface area contributed by atoms with Crippen LogP contribution in [0, 0.1) is 17.6 Å². The van der Waals surface area contributed by atoms with E-state index in [0.29, 0.717) is 24.4 Å². The maximum atomic E-state index is 13.4. The number of hydrogen-bond donors (Lipinski definition) is 1. The van der Waals surface area contributed by atoms with Crippen LogP contribution in [0.4, 0.5) is 8.78 Å². The number of nitrogens with one attached hydrogen (secondary N) is 1. The van der Waals surface area contributed by atoms with Gasteiger partial charge in [-0.2, -0.15) is 5.10 Å². The average Bonchev–Trinajstić information content (AvgIpc) is 3.29. The molecule has 1 saturated heterocycles. The summed E-state index contributed by atoms with van der Waals surface area (Å²) in [6.45, 7) is 1.45. The minimum absolute atomic E-state index is 0.0405. The van der Waals surface area contributed by atoms with Crippen LogP contribution in [0.3, 0.4) is 0 Å². The second-order valence-corrected chi connectivity index (χ2v) is 7.59. The number of amides is 1. The van der Waals surface area contributed by atoms with Gasteiger partial charge in [0.15, 0.2) is 11.6 Å². The van der Waals surface area contributed by atoms with E-state index in [0.717, 1.165) is 42.6 Å². The van der Waals surface area contributed by atoms with Crippen LogP contribution in [0.2, 0.25) is 0 Å². The third-order valence-corrected chi connectivity index (χ3v) is 5.58. The van der Waals surface area contributed by atoms with E-state index in [1.54, 1.807) is 12.3 Å². The molecule has 1 amide bonds. The van der Waals surface area contributed by atoms with Crippen molar-refractivity contribution in [3.63, 3.8) is 0 Å². The van der Waals surface area contributed by atoms with E-state index in [4.69, 9.17) is 0 Å². The van der Waals surface area contributed by atoms with Crippen LogP contribution in [0.1, 0.15) is 35.2 Å². The Labute approximate surface area is 168 Å². The number of piperidine rings is 1. The summed E-state index contributed by atoms with van der Waals surface area (Å²) >= 11 is 0. The van der Waals surface area contributed by atoms with Gasteiger partial charge in [0.05, 0.1) is 5.69 Å². The first-order valence-corrected chi connectivity index (χ1v) is 9.93. The lowest BCUT2D eigenvalue weighted by atomic mass is 9.91. The summed E-state index contributed by atoms with van der Waals surface area (Å²) < 4.78 is 26.5. The Morgan fingerprint density at radius 2 is 1.93 bits per heavy atom. The molecule has 4 rings (SSSR count). The summed E-state index contributed by atoms with van der Waals surface area (Å²) in [6, 6.07) is 13.5. The molecule has 0 saturated carbocycles. The molecular weight excluding hydrogens is 372 g/mol. The van der Waals surface area contributed by atoms with Crippen LogP contribution in [-0.2, 0) is 6.42 Å². The number of aromatic nitrogens is 2. The molecule has 2 aromatic carbocycles. The number of nitrogens with zero attached hydrogens (tertiary/aromatic N) is 2. The number of aromatic amines is 1. The highest BCUT2D eigenvalue weighted by Gasteiger charge is 2.24. The summed E-state index contributed by atoms with van der Waals surface area (Å²) in [6.07, 6.45) is 5.24. The lowest BCUT2D eigenvalue weighted by molar-refractivity contribution is 0.0668. The summed E-state index contributed by atoms with van der Waals surface area (Å²) in [4.78, 5) is 14.8. The number of H-pyrrole nitrogens is 1. The number of aryl methyl sites for hydroxylation is 1. The third kappa shape index (κ3) is 4.53. The van der Waals surface area contributed by atoms with Crippen LogP contribution in [0.25, 0.3) is 11.3 Å². The average molecular weight is 395 g/mol. The van der Waals surface area contributed by atoms with Gasteiger partial charge in [-0.1, -0.05) is 18.2 Å². The topological polar surface area (TPSA) is 49.0 Å². The molecule has 1 fully saturated rings. The van der Waals surface area contributed by atoms with Gasteiger partial charge in [0.1, 0.15) is 0 Å². The standard InChI is InChI=1S/C23H23F2N3O/c24-20-10-5-16(14-21(20)25)3-4-17-2-1-13-28(15-17)23(29)19-8-6-18(7-9-19)22-11-12-26-27-22/h5-12,14,17H,1-4,13,15H2,(H,26,27)/t17-/m1/s1. The van der Waals surface area contributed by atoms with Crippen molar-refractivity contribution in [3.05, 3.63) is 77.5 Å².